The summed E-state index contributed by atoms with van der Waals surface area (Å²) in [5, 5.41) is 14.0. The molecule has 1 atom stereocenters. The van der Waals surface area contributed by atoms with E-state index in [0.29, 0.717) is 41.3 Å². The molecule has 0 bridgehead atoms. The highest BCUT2D eigenvalue weighted by molar-refractivity contribution is 9.10. The van der Waals surface area contributed by atoms with Crippen molar-refractivity contribution in [1.82, 2.24) is 39.6 Å². The van der Waals surface area contributed by atoms with E-state index in [2.05, 4.69) is 42.8 Å². The lowest BCUT2D eigenvalue weighted by Gasteiger charge is -2.32. The molecule has 0 aliphatic carbocycles. The number of carbonyl (C=O) groups is 1. The summed E-state index contributed by atoms with van der Waals surface area (Å²) in [7, 11) is 0. The highest BCUT2D eigenvalue weighted by Crippen LogP contribution is 2.33. The third-order valence-electron chi connectivity index (χ3n) is 5.57. The van der Waals surface area contributed by atoms with Gasteiger partial charge in [-0.15, -0.1) is 5.10 Å². The number of likely N-dealkylation sites (tertiary alicyclic amines) is 1. The summed E-state index contributed by atoms with van der Waals surface area (Å²) in [5.41, 5.74) is 8.83. The van der Waals surface area contributed by atoms with Crippen LogP contribution in [-0.4, -0.2) is 58.6 Å². The predicted octanol–water partition coefficient (Wildman–Crippen LogP) is 2.77. The van der Waals surface area contributed by atoms with E-state index in [-0.39, 0.29) is 11.9 Å². The standard InChI is InChI=1S/C21H20BrN9O/c1-2-17(32)29-9-3-4-15(10-29)31-21-18(20(23)24-12-25-21)19(27-31)16-11-30(28-26-16)14-7-5-13(22)6-8-14/h2,5-8,11-12,15H,1,3-4,9-10H2,(H2,23,24,25)/t15-/m1/s1. The Bertz CT molecular complexity index is 1310. The van der Waals surface area contributed by atoms with Gasteiger partial charge in [-0.2, -0.15) is 5.10 Å². The van der Waals surface area contributed by atoms with Crippen molar-refractivity contribution in [3.63, 3.8) is 0 Å². The Hall–Kier alpha value is -3.60. The average Bonchev–Trinajstić information content (AvgIpc) is 3.45. The van der Waals surface area contributed by atoms with Crippen LogP contribution in [0.15, 0.2) is 53.9 Å². The van der Waals surface area contributed by atoms with Crippen molar-refractivity contribution in [3.05, 3.63) is 53.9 Å². The van der Waals surface area contributed by atoms with Gasteiger partial charge in [0.25, 0.3) is 0 Å². The minimum absolute atomic E-state index is 0.0419. The molecule has 4 heterocycles. The summed E-state index contributed by atoms with van der Waals surface area (Å²) in [6.45, 7) is 4.82. The summed E-state index contributed by atoms with van der Waals surface area (Å²) >= 11 is 3.44. The van der Waals surface area contributed by atoms with E-state index in [4.69, 9.17) is 10.8 Å². The molecule has 4 aromatic rings. The first-order chi connectivity index (χ1) is 15.5. The number of hydrogen-bond donors (Lipinski definition) is 1. The smallest absolute Gasteiger partial charge is 0.246 e. The van der Waals surface area contributed by atoms with Crippen LogP contribution in [0.25, 0.3) is 28.1 Å². The number of carbonyl (C=O) groups excluding carboxylic acids is 1. The maximum absolute atomic E-state index is 12.2. The van der Waals surface area contributed by atoms with E-state index in [1.165, 1.54) is 12.4 Å². The molecule has 1 aliphatic rings. The van der Waals surface area contributed by atoms with Crippen LogP contribution in [-0.2, 0) is 4.79 Å². The molecule has 1 fully saturated rings. The van der Waals surface area contributed by atoms with E-state index in [0.717, 1.165) is 23.0 Å². The lowest BCUT2D eigenvalue weighted by molar-refractivity contribution is -0.127. The Balaban J connectivity index is 1.57. The van der Waals surface area contributed by atoms with Crippen LogP contribution in [0.1, 0.15) is 18.9 Å². The van der Waals surface area contributed by atoms with Crippen LogP contribution in [0.3, 0.4) is 0 Å². The molecule has 1 saturated heterocycles. The van der Waals surface area contributed by atoms with Crippen molar-refractivity contribution in [1.29, 1.82) is 0 Å². The molecule has 10 nitrogen and oxygen atoms in total. The molecular formula is C21H20BrN9O. The van der Waals surface area contributed by atoms with Crippen molar-refractivity contribution in [2.24, 2.45) is 0 Å². The van der Waals surface area contributed by atoms with E-state index in [1.54, 1.807) is 15.8 Å². The largest absolute Gasteiger partial charge is 0.383 e. The number of aromatic nitrogens is 7. The van der Waals surface area contributed by atoms with E-state index < -0.39 is 0 Å². The lowest BCUT2D eigenvalue weighted by Crippen LogP contribution is -2.40. The number of halogens is 1. The molecule has 0 unspecified atom stereocenters. The molecule has 1 aliphatic heterocycles. The van der Waals surface area contributed by atoms with Crippen LogP contribution in [0.5, 0.6) is 0 Å². The maximum Gasteiger partial charge on any atom is 0.246 e. The quantitative estimate of drug-likeness (QED) is 0.433. The Morgan fingerprint density at radius 3 is 2.84 bits per heavy atom. The van der Waals surface area contributed by atoms with Gasteiger partial charge in [-0.05, 0) is 43.2 Å². The molecular weight excluding hydrogens is 474 g/mol. The number of nitrogens with zero attached hydrogens (tertiary/aromatic N) is 8. The Morgan fingerprint density at radius 2 is 2.06 bits per heavy atom. The first-order valence-corrected chi connectivity index (χ1v) is 10.9. The topological polar surface area (TPSA) is 121 Å². The SMILES string of the molecule is C=CC(=O)N1CCC[C@@H](n2nc(-c3cn(-c4ccc(Br)cc4)nn3)c3c(N)ncnc32)C1. The average molecular weight is 494 g/mol. The number of nitrogen functional groups attached to an aromatic ring is 1. The number of hydrogen-bond acceptors (Lipinski definition) is 7. The minimum Gasteiger partial charge on any atom is -0.383 e. The summed E-state index contributed by atoms with van der Waals surface area (Å²) in [6.07, 6.45) is 6.30. The van der Waals surface area contributed by atoms with Crippen LogP contribution in [0, 0.1) is 0 Å². The second kappa shape index (κ2) is 8.15. The van der Waals surface area contributed by atoms with Gasteiger partial charge in [0, 0.05) is 17.6 Å². The fourth-order valence-corrected chi connectivity index (χ4v) is 4.27. The number of anilines is 1. The number of piperidine rings is 1. The van der Waals surface area contributed by atoms with Gasteiger partial charge in [0.1, 0.15) is 23.5 Å². The maximum atomic E-state index is 12.2. The Kier molecular flexibility index (Phi) is 5.17. The second-order valence-corrected chi connectivity index (χ2v) is 8.48. The van der Waals surface area contributed by atoms with Crippen molar-refractivity contribution in [3.8, 4) is 17.1 Å². The molecule has 0 radical (unpaired) electrons. The Labute approximate surface area is 191 Å². The third kappa shape index (κ3) is 3.54. The lowest BCUT2D eigenvalue weighted by atomic mass is 10.1. The molecule has 11 heteroatoms. The van der Waals surface area contributed by atoms with Crippen LogP contribution < -0.4 is 5.73 Å². The van der Waals surface area contributed by atoms with Crippen LogP contribution >= 0.6 is 15.9 Å². The zero-order valence-corrected chi connectivity index (χ0v) is 18.7. The second-order valence-electron chi connectivity index (χ2n) is 7.56. The Morgan fingerprint density at radius 1 is 1.25 bits per heavy atom. The van der Waals surface area contributed by atoms with Crippen LogP contribution in [0.2, 0.25) is 0 Å². The molecule has 162 valence electrons. The van der Waals surface area contributed by atoms with E-state index >= 15 is 0 Å². The molecule has 0 saturated carbocycles. The zero-order valence-electron chi connectivity index (χ0n) is 17.1. The molecule has 32 heavy (non-hydrogen) atoms. The van der Waals surface area contributed by atoms with Crippen molar-refractivity contribution in [2.75, 3.05) is 18.8 Å². The minimum atomic E-state index is -0.0852. The molecule has 1 aromatic carbocycles. The van der Waals surface area contributed by atoms with E-state index in [1.807, 2.05) is 28.9 Å². The number of nitrogens with two attached hydrogens (primary N) is 1. The number of benzene rings is 1. The van der Waals surface area contributed by atoms with Crippen molar-refractivity contribution >= 4 is 38.7 Å². The van der Waals surface area contributed by atoms with E-state index in [9.17, 15) is 4.79 Å². The number of fused-ring (bicyclic) bond motifs is 1. The highest BCUT2D eigenvalue weighted by Gasteiger charge is 2.28. The van der Waals surface area contributed by atoms with Gasteiger partial charge in [-0.25, -0.2) is 19.3 Å². The van der Waals surface area contributed by atoms with Crippen molar-refractivity contribution < 1.29 is 4.79 Å². The van der Waals surface area contributed by atoms with Gasteiger partial charge < -0.3 is 10.6 Å². The van der Waals surface area contributed by atoms with Gasteiger partial charge in [-0.1, -0.05) is 27.7 Å². The molecule has 2 N–H and O–H groups in total. The van der Waals surface area contributed by atoms with Gasteiger partial charge in [0.05, 0.1) is 23.3 Å². The zero-order chi connectivity index (χ0) is 22.2. The van der Waals surface area contributed by atoms with Crippen molar-refractivity contribution in [2.45, 2.75) is 18.9 Å². The first kappa shape index (κ1) is 20.3. The summed E-state index contributed by atoms with van der Waals surface area (Å²) < 4.78 is 4.49. The normalized spacial score (nSPS) is 16.4. The fourth-order valence-electron chi connectivity index (χ4n) is 4.01. The van der Waals surface area contributed by atoms with Gasteiger partial charge in [0.15, 0.2) is 5.65 Å². The summed E-state index contributed by atoms with van der Waals surface area (Å²) in [6, 6.07) is 7.70. The van der Waals surface area contributed by atoms with Gasteiger partial charge >= 0.3 is 0 Å². The van der Waals surface area contributed by atoms with Gasteiger partial charge in [0.2, 0.25) is 5.91 Å². The molecule has 1 amide bonds. The molecule has 5 rings (SSSR count). The predicted molar refractivity (Wildman–Crippen MR) is 123 cm³/mol. The van der Waals surface area contributed by atoms with Crippen LogP contribution in [0.4, 0.5) is 5.82 Å². The fraction of sp³-hybridized carbons (Fsp3) is 0.238. The van der Waals surface area contributed by atoms with Gasteiger partial charge in [-0.3, -0.25) is 4.79 Å². The monoisotopic (exact) mass is 493 g/mol. The highest BCUT2D eigenvalue weighted by atomic mass is 79.9. The number of amides is 1. The molecule has 3 aromatic heterocycles. The summed E-state index contributed by atoms with van der Waals surface area (Å²) in [5.74, 6) is 0.238. The first-order valence-electron chi connectivity index (χ1n) is 10.1. The number of rotatable bonds is 4. The third-order valence-corrected chi connectivity index (χ3v) is 6.10. The molecule has 0 spiro atoms. The summed E-state index contributed by atoms with van der Waals surface area (Å²) in [4.78, 5) is 22.5.